The molecule has 1 heteroatoms. The van der Waals surface area contributed by atoms with Gasteiger partial charge in [0.2, 0.25) is 0 Å². The maximum absolute atomic E-state index is 7.64. The Kier molecular flexibility index (Phi) is 9.95. The van der Waals surface area contributed by atoms with Crippen molar-refractivity contribution in [1.82, 2.24) is 0 Å². The first-order valence-electron chi connectivity index (χ1n) is 10.0. The second-order valence-corrected chi connectivity index (χ2v) is 7.78. The summed E-state index contributed by atoms with van der Waals surface area (Å²) in [5.41, 5.74) is 6.73. The van der Waals surface area contributed by atoms with E-state index >= 15 is 0 Å². The maximum Gasteiger partial charge on any atom is 0.0253 e. The second-order valence-electron chi connectivity index (χ2n) is 7.78. The van der Waals surface area contributed by atoms with Crippen molar-refractivity contribution in [2.45, 2.75) is 72.6 Å². The highest BCUT2D eigenvalue weighted by Crippen LogP contribution is 2.31. The lowest BCUT2D eigenvalue weighted by atomic mass is 9.86. The molecule has 0 heterocycles. The van der Waals surface area contributed by atoms with Gasteiger partial charge in [0.15, 0.2) is 0 Å². The minimum atomic E-state index is 0.547. The Hall–Kier alpha value is -1.89. The van der Waals surface area contributed by atoms with Crippen LogP contribution in [0.5, 0.6) is 0 Å². The van der Waals surface area contributed by atoms with Gasteiger partial charge in [-0.2, -0.15) is 0 Å². The third-order valence-electron chi connectivity index (χ3n) is 4.88. The summed E-state index contributed by atoms with van der Waals surface area (Å²) in [5, 5.41) is 7.64. The Morgan fingerprint density at radius 2 is 1.62 bits per heavy atom. The molecule has 0 aliphatic heterocycles. The Labute approximate surface area is 161 Å². The zero-order chi connectivity index (χ0) is 19.5. The van der Waals surface area contributed by atoms with Gasteiger partial charge in [-0.1, -0.05) is 95.4 Å². The van der Waals surface area contributed by atoms with Crippen LogP contribution in [0.2, 0.25) is 0 Å². The lowest BCUT2D eigenvalue weighted by Gasteiger charge is -2.19. The summed E-state index contributed by atoms with van der Waals surface area (Å²) < 4.78 is 0. The predicted octanol–water partition coefficient (Wildman–Crippen LogP) is 7.76. The normalized spacial score (nSPS) is 14.8. The summed E-state index contributed by atoms with van der Waals surface area (Å²) in [4.78, 5) is 0. The highest BCUT2D eigenvalue weighted by atomic mass is 14.3. The predicted molar refractivity (Wildman–Crippen MR) is 118 cm³/mol. The molecule has 1 aliphatic rings. The van der Waals surface area contributed by atoms with Crippen molar-refractivity contribution >= 4 is 11.8 Å². The third kappa shape index (κ3) is 6.78. The van der Waals surface area contributed by atoms with E-state index in [9.17, 15) is 0 Å². The molecule has 0 bridgehead atoms. The number of hydrogen-bond acceptors (Lipinski definition) is 1. The number of nitrogens with one attached hydrogen (secondary N) is 1. The molecule has 26 heavy (non-hydrogen) atoms. The quantitative estimate of drug-likeness (QED) is 0.400. The monoisotopic (exact) mass is 351 g/mol. The van der Waals surface area contributed by atoms with Gasteiger partial charge in [-0.25, -0.2) is 0 Å². The Morgan fingerprint density at radius 3 is 2.00 bits per heavy atom. The van der Waals surface area contributed by atoms with Crippen LogP contribution in [0.15, 0.2) is 48.6 Å². The van der Waals surface area contributed by atoms with E-state index in [0.717, 1.165) is 28.7 Å². The summed E-state index contributed by atoms with van der Waals surface area (Å²) in [7, 11) is 0. The van der Waals surface area contributed by atoms with Gasteiger partial charge in [0.05, 0.1) is 0 Å². The molecule has 0 atom stereocenters. The summed E-state index contributed by atoms with van der Waals surface area (Å²) in [6.07, 6.45) is 13.3. The molecule has 2 rings (SSSR count). The average molecular weight is 352 g/mol. The SMILES string of the molecule is C1CCCCC1.C=C/C(C)=C(\C(=C)C)c1cccc(C=N)c1CC(C)C. The summed E-state index contributed by atoms with van der Waals surface area (Å²) in [6, 6.07) is 6.15. The topological polar surface area (TPSA) is 23.9 Å². The van der Waals surface area contributed by atoms with Gasteiger partial charge in [-0.3, -0.25) is 0 Å². The molecule has 0 unspecified atom stereocenters. The maximum atomic E-state index is 7.64. The molecular formula is C25H37N. The van der Waals surface area contributed by atoms with Crippen molar-refractivity contribution in [1.29, 1.82) is 5.41 Å². The van der Waals surface area contributed by atoms with E-state index in [-0.39, 0.29) is 0 Å². The van der Waals surface area contributed by atoms with Crippen LogP contribution in [0.25, 0.3) is 5.57 Å². The number of benzene rings is 1. The first kappa shape index (κ1) is 22.2. The fourth-order valence-corrected chi connectivity index (χ4v) is 3.55. The molecule has 1 N–H and O–H groups in total. The van der Waals surface area contributed by atoms with Crippen LogP contribution in [-0.4, -0.2) is 6.21 Å². The lowest BCUT2D eigenvalue weighted by Crippen LogP contribution is -2.05. The first-order valence-corrected chi connectivity index (χ1v) is 10.0. The summed E-state index contributed by atoms with van der Waals surface area (Å²) >= 11 is 0. The van der Waals surface area contributed by atoms with Crippen molar-refractivity contribution < 1.29 is 0 Å². The Balaban J connectivity index is 0.000000472. The van der Waals surface area contributed by atoms with E-state index < -0.39 is 0 Å². The largest absolute Gasteiger partial charge is 0.308 e. The molecule has 0 spiro atoms. The number of rotatable bonds is 6. The molecule has 0 saturated heterocycles. The molecule has 1 nitrogen and oxygen atoms in total. The number of hydrogen-bond donors (Lipinski definition) is 1. The van der Waals surface area contributed by atoms with Gasteiger partial charge >= 0.3 is 0 Å². The van der Waals surface area contributed by atoms with Crippen LogP contribution in [-0.2, 0) is 6.42 Å². The van der Waals surface area contributed by atoms with Gasteiger partial charge in [0.1, 0.15) is 0 Å². The molecule has 1 aromatic rings. The molecule has 0 radical (unpaired) electrons. The zero-order valence-electron chi connectivity index (χ0n) is 17.3. The van der Waals surface area contributed by atoms with Gasteiger partial charge in [-0.05, 0) is 54.0 Å². The van der Waals surface area contributed by atoms with Gasteiger partial charge < -0.3 is 5.41 Å². The van der Waals surface area contributed by atoms with Gasteiger partial charge in [-0.15, -0.1) is 0 Å². The highest BCUT2D eigenvalue weighted by molar-refractivity contribution is 5.88. The summed E-state index contributed by atoms with van der Waals surface area (Å²) in [6.45, 7) is 16.5. The zero-order valence-corrected chi connectivity index (χ0v) is 17.3. The third-order valence-corrected chi connectivity index (χ3v) is 4.88. The molecule has 1 fully saturated rings. The van der Waals surface area contributed by atoms with Gasteiger partial charge in [0.25, 0.3) is 0 Å². The van der Waals surface area contributed by atoms with Crippen molar-refractivity contribution in [3.05, 3.63) is 65.3 Å². The van der Waals surface area contributed by atoms with Crippen molar-refractivity contribution in [3.8, 4) is 0 Å². The molecule has 142 valence electrons. The van der Waals surface area contributed by atoms with Crippen molar-refractivity contribution in [2.75, 3.05) is 0 Å². The van der Waals surface area contributed by atoms with Crippen molar-refractivity contribution in [3.63, 3.8) is 0 Å². The van der Waals surface area contributed by atoms with Gasteiger partial charge in [0, 0.05) is 6.21 Å². The summed E-state index contributed by atoms with van der Waals surface area (Å²) in [5.74, 6) is 0.547. The van der Waals surface area contributed by atoms with E-state index in [0.29, 0.717) is 5.92 Å². The standard InChI is InChI=1S/C19H25N.C6H12/c1-7-15(6)19(14(4)5)17-10-8-9-16(12-20)18(17)11-13(2)3;1-2-4-6-5-3-1/h7-10,12-13,20H,1,4,11H2,2-3,5-6H3;1-6H2/b19-15+,20-12?;. The van der Waals surface area contributed by atoms with E-state index in [4.69, 9.17) is 5.41 Å². The fraction of sp³-hybridized carbons (Fsp3) is 0.480. The molecule has 1 saturated carbocycles. The van der Waals surface area contributed by atoms with E-state index in [1.54, 1.807) is 0 Å². The Bertz CT molecular complexity index is 631. The van der Waals surface area contributed by atoms with Crippen LogP contribution in [0.1, 0.15) is 82.9 Å². The molecule has 1 aliphatic carbocycles. The van der Waals surface area contributed by atoms with Crippen LogP contribution < -0.4 is 0 Å². The minimum Gasteiger partial charge on any atom is -0.308 e. The lowest BCUT2D eigenvalue weighted by molar-refractivity contribution is 0.504. The smallest absolute Gasteiger partial charge is 0.0253 e. The van der Waals surface area contributed by atoms with E-state index in [1.807, 2.05) is 25.1 Å². The molecule has 1 aromatic carbocycles. The molecule has 0 aromatic heterocycles. The number of allylic oxidation sites excluding steroid dienone is 4. The van der Waals surface area contributed by atoms with E-state index in [2.05, 4.69) is 40.0 Å². The highest BCUT2D eigenvalue weighted by Gasteiger charge is 2.14. The molecule has 0 amide bonds. The van der Waals surface area contributed by atoms with Crippen LogP contribution in [0, 0.1) is 11.3 Å². The van der Waals surface area contributed by atoms with Crippen LogP contribution in [0.3, 0.4) is 0 Å². The second kappa shape index (κ2) is 11.7. The van der Waals surface area contributed by atoms with E-state index in [1.165, 1.54) is 55.9 Å². The first-order chi connectivity index (χ1) is 12.4. The average Bonchev–Trinajstić information content (AvgIpc) is 2.64. The minimum absolute atomic E-state index is 0.547. The fourth-order valence-electron chi connectivity index (χ4n) is 3.55. The molecular weight excluding hydrogens is 314 g/mol. The van der Waals surface area contributed by atoms with Crippen LogP contribution >= 0.6 is 0 Å². The Morgan fingerprint density at radius 1 is 1.08 bits per heavy atom. The van der Waals surface area contributed by atoms with Crippen molar-refractivity contribution in [2.24, 2.45) is 5.92 Å². The van der Waals surface area contributed by atoms with Crippen LogP contribution in [0.4, 0.5) is 0 Å².